The van der Waals surface area contributed by atoms with E-state index in [4.69, 9.17) is 40.2 Å². The summed E-state index contributed by atoms with van der Waals surface area (Å²) in [6.45, 7) is 0. The van der Waals surface area contributed by atoms with E-state index < -0.39 is 17.6 Å². The lowest BCUT2D eigenvalue weighted by molar-refractivity contribution is -0.137. The molecule has 0 atom stereocenters. The summed E-state index contributed by atoms with van der Waals surface area (Å²) in [6, 6.07) is 7.92. The third-order valence-corrected chi connectivity index (χ3v) is 6.00. The Bertz CT molecular complexity index is 1120. The number of carbonyl (C=O) groups is 1. The van der Waals surface area contributed by atoms with Crippen LogP contribution < -0.4 is 15.4 Å². The van der Waals surface area contributed by atoms with Crippen LogP contribution in [0.1, 0.15) is 15.2 Å². The first-order valence-electron chi connectivity index (χ1n) is 7.85. The molecular weight excluding hydrogens is 468 g/mol. The molecule has 3 aromatic rings. The number of methoxy groups -OCH3 is 1. The van der Waals surface area contributed by atoms with Gasteiger partial charge in [-0.25, -0.2) is 0 Å². The zero-order valence-corrected chi connectivity index (χ0v) is 17.6. The Morgan fingerprint density at radius 1 is 1.17 bits per heavy atom. The quantitative estimate of drug-likeness (QED) is 0.429. The van der Waals surface area contributed by atoms with Crippen LogP contribution in [0.25, 0.3) is 10.1 Å². The SMILES string of the molecule is COc1ccc2c(Cl)c(C(=O)NC(=S)Nc3cc(C(F)(F)F)ccc3Cl)sc2c1. The molecule has 0 aliphatic heterocycles. The molecule has 2 N–H and O–H groups in total. The van der Waals surface area contributed by atoms with Crippen molar-refractivity contribution in [1.82, 2.24) is 5.32 Å². The van der Waals surface area contributed by atoms with Crippen LogP contribution in [0.3, 0.4) is 0 Å². The number of fused-ring (bicyclic) bond motifs is 1. The van der Waals surface area contributed by atoms with E-state index in [1.807, 2.05) is 0 Å². The van der Waals surface area contributed by atoms with Gasteiger partial charge in [0.2, 0.25) is 0 Å². The second kappa shape index (κ2) is 8.35. The van der Waals surface area contributed by atoms with Crippen molar-refractivity contribution >= 4 is 73.5 Å². The summed E-state index contributed by atoms with van der Waals surface area (Å²) in [6.07, 6.45) is -4.54. The first-order valence-corrected chi connectivity index (χ1v) is 9.83. The smallest absolute Gasteiger partial charge is 0.416 e. The lowest BCUT2D eigenvalue weighted by Crippen LogP contribution is -2.34. The van der Waals surface area contributed by atoms with Gasteiger partial charge in [0.15, 0.2) is 5.11 Å². The highest BCUT2D eigenvalue weighted by Crippen LogP contribution is 2.37. The summed E-state index contributed by atoms with van der Waals surface area (Å²) in [7, 11) is 1.52. The second-order valence-corrected chi connectivity index (χ2v) is 7.95. The molecule has 29 heavy (non-hydrogen) atoms. The molecule has 1 amide bonds. The van der Waals surface area contributed by atoms with Gasteiger partial charge in [-0.1, -0.05) is 23.2 Å². The number of ether oxygens (including phenoxy) is 1. The van der Waals surface area contributed by atoms with E-state index in [1.54, 1.807) is 18.2 Å². The average molecular weight is 479 g/mol. The van der Waals surface area contributed by atoms with Crippen molar-refractivity contribution in [2.45, 2.75) is 6.18 Å². The summed E-state index contributed by atoms with van der Waals surface area (Å²) >= 11 is 18.4. The summed E-state index contributed by atoms with van der Waals surface area (Å²) < 4.78 is 44.5. The van der Waals surface area contributed by atoms with Crippen LogP contribution in [-0.4, -0.2) is 18.1 Å². The molecule has 0 aliphatic rings. The fourth-order valence-electron chi connectivity index (χ4n) is 2.43. The highest BCUT2D eigenvalue weighted by Gasteiger charge is 2.31. The Morgan fingerprint density at radius 2 is 1.90 bits per heavy atom. The van der Waals surface area contributed by atoms with Crippen molar-refractivity contribution in [1.29, 1.82) is 0 Å². The standard InChI is InChI=1S/C18H11Cl2F3N2O2S2/c1-27-9-3-4-10-13(7-9)29-15(14(10)20)16(26)25-17(28)24-12-6-8(18(21,22)23)2-5-11(12)19/h2-7H,1H3,(H2,24,25,26,28). The van der Waals surface area contributed by atoms with Crippen molar-refractivity contribution in [2.75, 3.05) is 12.4 Å². The predicted octanol–water partition coefficient (Wildman–Crippen LogP) is 6.36. The van der Waals surface area contributed by atoms with Crippen LogP contribution in [0.5, 0.6) is 5.75 Å². The minimum absolute atomic E-state index is 0.0154. The highest BCUT2D eigenvalue weighted by molar-refractivity contribution is 7.80. The lowest BCUT2D eigenvalue weighted by Gasteiger charge is -2.13. The number of thiophene rings is 1. The minimum Gasteiger partial charge on any atom is -0.497 e. The Balaban J connectivity index is 1.79. The molecule has 0 spiro atoms. The van der Waals surface area contributed by atoms with Crippen LogP contribution >= 0.6 is 46.8 Å². The van der Waals surface area contributed by atoms with E-state index in [-0.39, 0.29) is 25.7 Å². The lowest BCUT2D eigenvalue weighted by atomic mass is 10.2. The van der Waals surface area contributed by atoms with E-state index in [1.165, 1.54) is 7.11 Å². The average Bonchev–Trinajstić information content (AvgIpc) is 2.98. The van der Waals surface area contributed by atoms with Crippen molar-refractivity contribution in [3.8, 4) is 5.75 Å². The molecule has 1 aromatic heterocycles. The summed E-state index contributed by atoms with van der Waals surface area (Å²) in [5.74, 6) is 0.00881. The number of hydrogen-bond donors (Lipinski definition) is 2. The van der Waals surface area contributed by atoms with Crippen LogP contribution in [0, 0.1) is 0 Å². The first kappa shape index (κ1) is 21.6. The van der Waals surface area contributed by atoms with Gasteiger partial charge < -0.3 is 10.1 Å². The van der Waals surface area contributed by atoms with Crippen LogP contribution in [0.15, 0.2) is 36.4 Å². The van der Waals surface area contributed by atoms with Gasteiger partial charge in [0.1, 0.15) is 10.6 Å². The topological polar surface area (TPSA) is 50.4 Å². The van der Waals surface area contributed by atoms with Gasteiger partial charge in [-0.05, 0) is 48.6 Å². The van der Waals surface area contributed by atoms with Crippen molar-refractivity contribution in [3.63, 3.8) is 0 Å². The van der Waals surface area contributed by atoms with E-state index in [0.717, 1.165) is 34.2 Å². The monoisotopic (exact) mass is 478 g/mol. The Morgan fingerprint density at radius 3 is 2.55 bits per heavy atom. The third-order valence-electron chi connectivity index (χ3n) is 3.81. The van der Waals surface area contributed by atoms with Gasteiger partial charge in [-0.2, -0.15) is 13.2 Å². The van der Waals surface area contributed by atoms with E-state index >= 15 is 0 Å². The van der Waals surface area contributed by atoms with Gasteiger partial charge in [0, 0.05) is 10.1 Å². The van der Waals surface area contributed by atoms with Gasteiger partial charge in [-0.3, -0.25) is 10.1 Å². The third kappa shape index (κ3) is 4.75. The molecule has 4 nitrogen and oxygen atoms in total. The Kier molecular flexibility index (Phi) is 6.23. The van der Waals surface area contributed by atoms with Crippen LogP contribution in [0.4, 0.5) is 18.9 Å². The molecule has 11 heteroatoms. The summed E-state index contributed by atoms with van der Waals surface area (Å²) in [5.41, 5.74) is -0.987. The summed E-state index contributed by atoms with van der Waals surface area (Å²) in [5, 5.41) is 5.61. The Hall–Kier alpha value is -2.07. The molecule has 152 valence electrons. The molecular formula is C18H11Cl2F3N2O2S2. The van der Waals surface area contributed by atoms with E-state index in [9.17, 15) is 18.0 Å². The minimum atomic E-state index is -4.54. The molecule has 2 aromatic carbocycles. The van der Waals surface area contributed by atoms with Gasteiger partial charge >= 0.3 is 6.18 Å². The number of alkyl halides is 3. The molecule has 0 aliphatic carbocycles. The van der Waals surface area contributed by atoms with Crippen molar-refractivity contribution < 1.29 is 22.7 Å². The van der Waals surface area contributed by atoms with Gasteiger partial charge in [-0.15, -0.1) is 11.3 Å². The maximum absolute atomic E-state index is 12.9. The number of halogens is 5. The summed E-state index contributed by atoms with van der Waals surface area (Å²) in [4.78, 5) is 12.7. The second-order valence-electron chi connectivity index (χ2n) is 5.71. The normalized spacial score (nSPS) is 11.4. The molecule has 0 fully saturated rings. The number of benzene rings is 2. The van der Waals surface area contributed by atoms with Gasteiger partial charge in [0.25, 0.3) is 5.91 Å². The maximum Gasteiger partial charge on any atom is 0.416 e. The molecule has 0 unspecified atom stereocenters. The van der Waals surface area contributed by atoms with Crippen LogP contribution in [0.2, 0.25) is 10.0 Å². The molecule has 0 saturated heterocycles. The van der Waals surface area contributed by atoms with Crippen molar-refractivity contribution in [3.05, 3.63) is 56.9 Å². The van der Waals surface area contributed by atoms with Crippen LogP contribution in [-0.2, 0) is 6.18 Å². The van der Waals surface area contributed by atoms with E-state index in [0.29, 0.717) is 11.1 Å². The fourth-order valence-corrected chi connectivity index (χ4v) is 4.24. The number of thiocarbonyl (C=S) groups is 1. The maximum atomic E-state index is 12.9. The Labute approximate surface area is 182 Å². The first-order chi connectivity index (χ1) is 13.6. The number of carbonyl (C=O) groups excluding carboxylic acids is 1. The molecule has 0 saturated carbocycles. The highest BCUT2D eigenvalue weighted by atomic mass is 35.5. The van der Waals surface area contributed by atoms with Crippen molar-refractivity contribution in [2.24, 2.45) is 0 Å². The number of amides is 1. The molecule has 3 rings (SSSR count). The number of hydrogen-bond acceptors (Lipinski definition) is 4. The number of nitrogens with one attached hydrogen (secondary N) is 2. The fraction of sp³-hybridized carbons (Fsp3) is 0.111. The van der Waals surface area contributed by atoms with E-state index in [2.05, 4.69) is 10.6 Å². The molecule has 0 bridgehead atoms. The molecule has 1 heterocycles. The molecule has 0 radical (unpaired) electrons. The zero-order chi connectivity index (χ0) is 21.3. The predicted molar refractivity (Wildman–Crippen MR) is 114 cm³/mol. The largest absolute Gasteiger partial charge is 0.497 e. The number of rotatable bonds is 3. The van der Waals surface area contributed by atoms with Gasteiger partial charge in [0.05, 0.1) is 28.4 Å². The number of anilines is 1. The zero-order valence-electron chi connectivity index (χ0n) is 14.5.